The number of nitrogens with zero attached hydrogens (tertiary/aromatic N) is 1. The average Bonchev–Trinajstić information content (AvgIpc) is 2.37. The summed E-state index contributed by atoms with van der Waals surface area (Å²) in [7, 11) is 0. The molecular formula is C14H12Cl2N2O. The normalized spacial score (nSPS) is 10.8. The Morgan fingerprint density at radius 3 is 2.47 bits per heavy atom. The first kappa shape index (κ1) is 13.7. The maximum absolute atomic E-state index is 9.30. The minimum Gasteiger partial charge on any atom is -0.508 e. The molecule has 5 heteroatoms. The summed E-state index contributed by atoms with van der Waals surface area (Å²) < 4.78 is 0. The molecule has 0 unspecified atom stereocenters. The number of phenolic OH excluding ortho intramolecular Hbond substituents is 1. The molecule has 0 aliphatic carbocycles. The van der Waals surface area contributed by atoms with E-state index >= 15 is 0 Å². The van der Waals surface area contributed by atoms with Crippen molar-refractivity contribution in [3.05, 3.63) is 63.6 Å². The number of hydrogen-bond acceptors (Lipinski definition) is 3. The fourth-order valence-corrected chi connectivity index (χ4v) is 2.08. The third-order valence-electron chi connectivity index (χ3n) is 2.49. The number of halogens is 2. The highest BCUT2D eigenvalue weighted by Crippen LogP contribution is 2.23. The van der Waals surface area contributed by atoms with Crippen LogP contribution in [0.25, 0.3) is 0 Å². The van der Waals surface area contributed by atoms with Gasteiger partial charge in [0.15, 0.2) is 0 Å². The molecule has 2 aromatic carbocycles. The summed E-state index contributed by atoms with van der Waals surface area (Å²) in [6.07, 6.45) is 1.62. The van der Waals surface area contributed by atoms with Crippen LogP contribution >= 0.6 is 23.2 Å². The van der Waals surface area contributed by atoms with Gasteiger partial charge >= 0.3 is 0 Å². The topological polar surface area (TPSA) is 44.6 Å². The summed E-state index contributed by atoms with van der Waals surface area (Å²) in [5, 5.41) is 14.6. The number of nitrogens with one attached hydrogen (secondary N) is 1. The van der Waals surface area contributed by atoms with Gasteiger partial charge in [0.25, 0.3) is 0 Å². The second kappa shape index (κ2) is 6.45. The van der Waals surface area contributed by atoms with E-state index in [1.165, 1.54) is 0 Å². The summed E-state index contributed by atoms with van der Waals surface area (Å²) in [4.78, 5) is 0. The van der Waals surface area contributed by atoms with Crippen molar-refractivity contribution >= 4 is 29.4 Å². The molecule has 0 aromatic heterocycles. The van der Waals surface area contributed by atoms with Gasteiger partial charge in [-0.3, -0.25) is 0 Å². The Morgan fingerprint density at radius 1 is 1.11 bits per heavy atom. The molecule has 3 nitrogen and oxygen atoms in total. The Hall–Kier alpha value is -1.71. The van der Waals surface area contributed by atoms with Crippen molar-refractivity contribution in [1.29, 1.82) is 0 Å². The van der Waals surface area contributed by atoms with Crippen LogP contribution in [-0.4, -0.2) is 11.3 Å². The highest BCUT2D eigenvalue weighted by atomic mass is 35.5. The van der Waals surface area contributed by atoms with Gasteiger partial charge in [0.1, 0.15) is 5.75 Å². The van der Waals surface area contributed by atoms with Crippen molar-refractivity contribution in [2.24, 2.45) is 5.10 Å². The van der Waals surface area contributed by atoms with Gasteiger partial charge in [-0.2, -0.15) is 5.10 Å². The lowest BCUT2D eigenvalue weighted by molar-refractivity contribution is 0.475. The summed E-state index contributed by atoms with van der Waals surface area (Å²) >= 11 is 12.1. The molecule has 98 valence electrons. The third kappa shape index (κ3) is 3.88. The van der Waals surface area contributed by atoms with Crippen LogP contribution in [0, 0.1) is 0 Å². The monoisotopic (exact) mass is 294 g/mol. The smallest absolute Gasteiger partial charge is 0.116 e. The Bertz CT molecular complexity index is 579. The average molecular weight is 295 g/mol. The molecule has 0 saturated carbocycles. The van der Waals surface area contributed by atoms with Crippen molar-refractivity contribution in [1.82, 2.24) is 5.43 Å². The number of benzene rings is 2. The van der Waals surface area contributed by atoms with Crippen molar-refractivity contribution in [2.75, 3.05) is 0 Å². The maximum Gasteiger partial charge on any atom is 0.116 e. The minimum atomic E-state index is 0.207. The fraction of sp³-hybridized carbons (Fsp3) is 0.0714. The van der Waals surface area contributed by atoms with E-state index in [2.05, 4.69) is 10.5 Å². The van der Waals surface area contributed by atoms with Crippen LogP contribution < -0.4 is 5.43 Å². The van der Waals surface area contributed by atoms with Gasteiger partial charge in [0.05, 0.1) is 12.8 Å². The molecule has 0 saturated heterocycles. The van der Waals surface area contributed by atoms with Crippen molar-refractivity contribution in [2.45, 2.75) is 6.54 Å². The number of hydrazone groups is 1. The first-order chi connectivity index (χ1) is 9.16. The Labute approximate surface area is 121 Å². The minimum absolute atomic E-state index is 0.207. The van der Waals surface area contributed by atoms with Gasteiger partial charge in [-0.1, -0.05) is 41.4 Å². The Kier molecular flexibility index (Phi) is 4.66. The summed E-state index contributed by atoms with van der Waals surface area (Å²) in [6, 6.07) is 12.2. The maximum atomic E-state index is 9.30. The van der Waals surface area contributed by atoms with E-state index in [4.69, 9.17) is 23.2 Å². The van der Waals surface area contributed by atoms with Crippen LogP contribution in [0.4, 0.5) is 0 Å². The van der Waals surface area contributed by atoms with Gasteiger partial charge in [0, 0.05) is 15.6 Å². The van der Waals surface area contributed by atoms with Crippen molar-refractivity contribution < 1.29 is 5.11 Å². The van der Waals surface area contributed by atoms with E-state index in [9.17, 15) is 5.11 Å². The van der Waals surface area contributed by atoms with E-state index in [0.29, 0.717) is 16.6 Å². The van der Waals surface area contributed by atoms with Crippen LogP contribution in [0.3, 0.4) is 0 Å². The predicted octanol–water partition coefficient (Wildman–Crippen LogP) is 3.82. The Morgan fingerprint density at radius 2 is 1.79 bits per heavy atom. The SMILES string of the molecule is Oc1cccc(/C=N/NCc2c(Cl)cccc2Cl)c1. The van der Waals surface area contributed by atoms with Gasteiger partial charge in [-0.25, -0.2) is 0 Å². The lowest BCUT2D eigenvalue weighted by Crippen LogP contribution is -2.06. The van der Waals surface area contributed by atoms with Crippen LogP contribution in [-0.2, 0) is 6.54 Å². The van der Waals surface area contributed by atoms with Gasteiger partial charge in [0.2, 0.25) is 0 Å². The largest absolute Gasteiger partial charge is 0.508 e. The molecule has 19 heavy (non-hydrogen) atoms. The predicted molar refractivity (Wildman–Crippen MR) is 79.0 cm³/mol. The molecule has 0 amide bonds. The quantitative estimate of drug-likeness (QED) is 0.665. The van der Waals surface area contributed by atoms with Crippen LogP contribution in [0.15, 0.2) is 47.6 Å². The summed E-state index contributed by atoms with van der Waals surface area (Å²) in [5.74, 6) is 0.207. The van der Waals surface area contributed by atoms with E-state index in [1.54, 1.807) is 42.6 Å². The van der Waals surface area contributed by atoms with Crippen molar-refractivity contribution in [3.8, 4) is 5.75 Å². The molecule has 0 bridgehead atoms. The van der Waals surface area contributed by atoms with E-state index < -0.39 is 0 Å². The second-order valence-corrected chi connectivity index (χ2v) is 4.70. The Balaban J connectivity index is 1.97. The van der Waals surface area contributed by atoms with Gasteiger partial charge in [-0.05, 0) is 29.8 Å². The highest BCUT2D eigenvalue weighted by molar-refractivity contribution is 6.35. The highest BCUT2D eigenvalue weighted by Gasteiger charge is 2.03. The fourth-order valence-electron chi connectivity index (χ4n) is 1.55. The second-order valence-electron chi connectivity index (χ2n) is 3.89. The molecule has 0 heterocycles. The van der Waals surface area contributed by atoms with Gasteiger partial charge in [-0.15, -0.1) is 0 Å². The molecule has 0 atom stereocenters. The number of aromatic hydroxyl groups is 1. The molecule has 2 rings (SSSR count). The van der Waals surface area contributed by atoms with E-state index in [-0.39, 0.29) is 5.75 Å². The zero-order valence-corrected chi connectivity index (χ0v) is 11.5. The molecule has 0 spiro atoms. The lowest BCUT2D eigenvalue weighted by Gasteiger charge is -2.05. The molecular weight excluding hydrogens is 283 g/mol. The summed E-state index contributed by atoms with van der Waals surface area (Å²) in [6.45, 7) is 0.438. The standard InChI is InChI=1S/C14H12Cl2N2O/c15-13-5-2-6-14(16)12(13)9-18-17-8-10-3-1-4-11(19)7-10/h1-8,18-19H,9H2/b17-8+. The molecule has 0 aliphatic heterocycles. The van der Waals surface area contributed by atoms with E-state index in [1.807, 2.05) is 6.07 Å². The third-order valence-corrected chi connectivity index (χ3v) is 3.20. The first-order valence-corrected chi connectivity index (χ1v) is 6.40. The molecule has 2 N–H and O–H groups in total. The first-order valence-electron chi connectivity index (χ1n) is 5.64. The zero-order chi connectivity index (χ0) is 13.7. The van der Waals surface area contributed by atoms with Gasteiger partial charge < -0.3 is 10.5 Å². The molecule has 0 aliphatic rings. The number of phenols is 1. The van der Waals surface area contributed by atoms with Crippen LogP contribution in [0.1, 0.15) is 11.1 Å². The zero-order valence-electron chi connectivity index (χ0n) is 9.98. The van der Waals surface area contributed by atoms with Crippen LogP contribution in [0.2, 0.25) is 10.0 Å². The van der Waals surface area contributed by atoms with Crippen molar-refractivity contribution in [3.63, 3.8) is 0 Å². The number of rotatable bonds is 4. The molecule has 0 fully saturated rings. The van der Waals surface area contributed by atoms with Crippen LogP contribution in [0.5, 0.6) is 5.75 Å². The lowest BCUT2D eigenvalue weighted by atomic mass is 10.2. The number of hydrogen-bond donors (Lipinski definition) is 2. The summed E-state index contributed by atoms with van der Waals surface area (Å²) in [5.41, 5.74) is 4.48. The molecule has 2 aromatic rings. The molecule has 0 radical (unpaired) electrons. The van der Waals surface area contributed by atoms with E-state index in [0.717, 1.165) is 11.1 Å².